The van der Waals surface area contributed by atoms with E-state index in [0.29, 0.717) is 0 Å². The quantitative estimate of drug-likeness (QED) is 0.574. The maximum absolute atomic E-state index is 12.4. The van der Waals surface area contributed by atoms with E-state index in [1.807, 2.05) is 30.3 Å². The molecule has 0 aromatic heterocycles. The standard InChI is InChI=1S/C22H31NO6/c1-7-16-19(23-20(25)26-14-15-11-9-8-10-12-15)17(28-22(5,6)27-16)13-18(24)29-21(2,3)4/h7-12,16-17,19H,1,13-14H2,2-6H3,(H,23,25)/t16-,17+,19+/m1/s1. The Labute approximate surface area is 172 Å². The Morgan fingerprint density at radius 3 is 2.45 bits per heavy atom. The summed E-state index contributed by atoms with van der Waals surface area (Å²) in [4.78, 5) is 24.7. The van der Waals surface area contributed by atoms with Gasteiger partial charge in [-0.25, -0.2) is 4.79 Å². The van der Waals surface area contributed by atoms with Crippen LogP contribution in [0.2, 0.25) is 0 Å². The minimum Gasteiger partial charge on any atom is -0.460 e. The molecule has 1 saturated heterocycles. The molecular formula is C22H31NO6. The Hall–Kier alpha value is -2.38. The van der Waals surface area contributed by atoms with Crippen LogP contribution >= 0.6 is 0 Å². The molecule has 160 valence electrons. The number of carbonyl (C=O) groups excluding carboxylic acids is 2. The van der Waals surface area contributed by atoms with Crippen LogP contribution in [0.3, 0.4) is 0 Å². The zero-order valence-corrected chi connectivity index (χ0v) is 17.8. The van der Waals surface area contributed by atoms with E-state index in [0.717, 1.165) is 5.56 Å². The highest BCUT2D eigenvalue weighted by molar-refractivity contribution is 5.71. The predicted molar refractivity (Wildman–Crippen MR) is 108 cm³/mol. The summed E-state index contributed by atoms with van der Waals surface area (Å²) in [6.45, 7) is 12.8. The largest absolute Gasteiger partial charge is 0.460 e. The highest BCUT2D eigenvalue weighted by Crippen LogP contribution is 2.30. The average molecular weight is 405 g/mol. The van der Waals surface area contributed by atoms with E-state index in [1.54, 1.807) is 40.7 Å². The third-order valence-electron chi connectivity index (χ3n) is 4.13. The molecule has 7 heteroatoms. The number of amides is 1. The first kappa shape index (κ1) is 22.9. The second-order valence-electron chi connectivity index (χ2n) is 8.40. The SMILES string of the molecule is C=C[C@H]1OC(C)(C)O[C@@H](CC(=O)OC(C)(C)C)[C@H]1NC(=O)OCc1ccccc1. The van der Waals surface area contributed by atoms with Gasteiger partial charge in [0.2, 0.25) is 0 Å². The number of rotatable bonds is 6. The van der Waals surface area contributed by atoms with Crippen molar-refractivity contribution in [3.05, 3.63) is 48.6 Å². The lowest BCUT2D eigenvalue weighted by molar-refractivity contribution is -0.299. The van der Waals surface area contributed by atoms with Crippen molar-refractivity contribution in [1.82, 2.24) is 5.32 Å². The second kappa shape index (κ2) is 9.41. The number of esters is 1. The summed E-state index contributed by atoms with van der Waals surface area (Å²) in [6, 6.07) is 8.69. The van der Waals surface area contributed by atoms with Gasteiger partial charge in [0.25, 0.3) is 0 Å². The van der Waals surface area contributed by atoms with E-state index in [1.165, 1.54) is 0 Å². The van der Waals surface area contributed by atoms with E-state index in [-0.39, 0.29) is 13.0 Å². The van der Waals surface area contributed by atoms with E-state index in [9.17, 15) is 9.59 Å². The van der Waals surface area contributed by atoms with Gasteiger partial charge in [0, 0.05) is 0 Å². The van der Waals surface area contributed by atoms with Gasteiger partial charge >= 0.3 is 12.1 Å². The number of carbonyl (C=O) groups is 2. The minimum atomic E-state index is -0.947. The summed E-state index contributed by atoms with van der Waals surface area (Å²) in [6.07, 6.45) is -0.324. The molecule has 0 radical (unpaired) electrons. The molecule has 1 fully saturated rings. The molecule has 1 aliphatic rings. The van der Waals surface area contributed by atoms with Gasteiger partial charge in [-0.15, -0.1) is 6.58 Å². The smallest absolute Gasteiger partial charge is 0.407 e. The van der Waals surface area contributed by atoms with Crippen molar-refractivity contribution < 1.29 is 28.5 Å². The molecule has 1 amide bonds. The molecular weight excluding hydrogens is 374 g/mol. The predicted octanol–water partition coefficient (Wildman–Crippen LogP) is 3.72. The Balaban J connectivity index is 2.07. The van der Waals surface area contributed by atoms with E-state index in [4.69, 9.17) is 18.9 Å². The minimum absolute atomic E-state index is 0.0436. The molecule has 29 heavy (non-hydrogen) atoms. The fourth-order valence-electron chi connectivity index (χ4n) is 3.06. The number of hydrogen-bond donors (Lipinski definition) is 1. The lowest BCUT2D eigenvalue weighted by atomic mass is 9.99. The molecule has 1 heterocycles. The molecule has 2 rings (SSSR count). The zero-order valence-electron chi connectivity index (χ0n) is 17.8. The average Bonchev–Trinajstić information content (AvgIpc) is 2.60. The van der Waals surface area contributed by atoms with Crippen molar-refractivity contribution in [2.45, 2.75) is 77.3 Å². The first-order chi connectivity index (χ1) is 13.5. The molecule has 0 spiro atoms. The lowest BCUT2D eigenvalue weighted by Gasteiger charge is -2.45. The Morgan fingerprint density at radius 2 is 1.86 bits per heavy atom. The summed E-state index contributed by atoms with van der Waals surface area (Å²) in [5.41, 5.74) is 0.248. The van der Waals surface area contributed by atoms with Gasteiger partial charge in [-0.2, -0.15) is 0 Å². The second-order valence-corrected chi connectivity index (χ2v) is 8.40. The van der Waals surface area contributed by atoms with E-state index < -0.39 is 41.7 Å². The van der Waals surface area contributed by atoms with Crippen LogP contribution in [0, 0.1) is 0 Å². The molecule has 0 saturated carbocycles. The van der Waals surface area contributed by atoms with Crippen molar-refractivity contribution in [1.29, 1.82) is 0 Å². The van der Waals surface area contributed by atoms with E-state index >= 15 is 0 Å². The summed E-state index contributed by atoms with van der Waals surface area (Å²) >= 11 is 0. The van der Waals surface area contributed by atoms with Crippen LogP contribution < -0.4 is 5.32 Å². The number of ether oxygens (including phenoxy) is 4. The monoisotopic (exact) mass is 405 g/mol. The van der Waals surface area contributed by atoms with Crippen LogP contribution in [-0.4, -0.2) is 41.7 Å². The van der Waals surface area contributed by atoms with Gasteiger partial charge in [-0.3, -0.25) is 4.79 Å². The summed E-state index contributed by atoms with van der Waals surface area (Å²) in [5, 5.41) is 2.76. The number of nitrogens with one attached hydrogen (secondary N) is 1. The van der Waals surface area contributed by atoms with Crippen LogP contribution in [-0.2, 0) is 30.3 Å². The van der Waals surface area contributed by atoms with Crippen molar-refractivity contribution >= 4 is 12.1 Å². The Morgan fingerprint density at radius 1 is 1.21 bits per heavy atom. The maximum Gasteiger partial charge on any atom is 0.407 e. The molecule has 7 nitrogen and oxygen atoms in total. The fraction of sp³-hybridized carbons (Fsp3) is 0.545. The van der Waals surface area contributed by atoms with Crippen molar-refractivity contribution in [2.24, 2.45) is 0 Å². The first-order valence-corrected chi connectivity index (χ1v) is 9.66. The normalized spacial score (nSPS) is 23.7. The van der Waals surface area contributed by atoms with Crippen molar-refractivity contribution in [3.63, 3.8) is 0 Å². The number of alkyl carbamates (subject to hydrolysis) is 1. The van der Waals surface area contributed by atoms with E-state index in [2.05, 4.69) is 11.9 Å². The molecule has 1 aromatic rings. The first-order valence-electron chi connectivity index (χ1n) is 9.66. The topological polar surface area (TPSA) is 83.1 Å². The van der Waals surface area contributed by atoms with Gasteiger partial charge < -0.3 is 24.3 Å². The fourth-order valence-corrected chi connectivity index (χ4v) is 3.06. The third kappa shape index (κ3) is 7.51. The number of hydrogen-bond acceptors (Lipinski definition) is 6. The molecule has 3 atom stereocenters. The highest BCUT2D eigenvalue weighted by atomic mass is 16.7. The number of benzene rings is 1. The summed E-state index contributed by atoms with van der Waals surface area (Å²) in [5.74, 6) is -1.37. The van der Waals surface area contributed by atoms with Gasteiger partial charge in [-0.05, 0) is 40.2 Å². The highest BCUT2D eigenvalue weighted by Gasteiger charge is 2.44. The maximum atomic E-state index is 12.4. The molecule has 0 aliphatic carbocycles. The van der Waals surface area contributed by atoms with Gasteiger partial charge in [0.05, 0.1) is 18.6 Å². The van der Waals surface area contributed by atoms with Crippen LogP contribution in [0.15, 0.2) is 43.0 Å². The molecule has 1 N–H and O–H groups in total. The Bertz CT molecular complexity index is 710. The Kier molecular flexibility index (Phi) is 7.43. The molecule has 1 aromatic carbocycles. The lowest BCUT2D eigenvalue weighted by Crippen LogP contribution is -2.60. The van der Waals surface area contributed by atoms with Crippen LogP contribution in [0.25, 0.3) is 0 Å². The molecule has 1 aliphatic heterocycles. The van der Waals surface area contributed by atoms with Crippen LogP contribution in [0.4, 0.5) is 4.79 Å². The molecule has 0 unspecified atom stereocenters. The van der Waals surface area contributed by atoms with Gasteiger partial charge in [-0.1, -0.05) is 36.4 Å². The van der Waals surface area contributed by atoms with Crippen molar-refractivity contribution in [3.8, 4) is 0 Å². The van der Waals surface area contributed by atoms with Crippen molar-refractivity contribution in [2.75, 3.05) is 0 Å². The summed E-state index contributed by atoms with van der Waals surface area (Å²) < 4.78 is 22.5. The van der Waals surface area contributed by atoms with Gasteiger partial charge in [0.1, 0.15) is 18.3 Å². The summed E-state index contributed by atoms with van der Waals surface area (Å²) in [7, 11) is 0. The van der Waals surface area contributed by atoms with Crippen LogP contribution in [0.5, 0.6) is 0 Å². The van der Waals surface area contributed by atoms with Crippen LogP contribution in [0.1, 0.15) is 46.6 Å². The zero-order chi connectivity index (χ0) is 21.7. The third-order valence-corrected chi connectivity index (χ3v) is 4.13. The van der Waals surface area contributed by atoms with Gasteiger partial charge in [0.15, 0.2) is 5.79 Å². The molecule has 0 bridgehead atoms.